The fourth-order valence-electron chi connectivity index (χ4n) is 4.46. The molecule has 1 saturated heterocycles. The standard InChI is InChI=1S/C25H26ClN5O2/c1-33-29-20-6-9-30(10-7-20)21-13-22-23(15-28-25(22)27-14-21)18-5-8-31(24(32)12-18)16-17-3-2-4-19(26)11-17/h2-5,8,11-15,20,29H,6-7,9-10,16H2,1H3,(H,27,28). The van der Waals surface area contributed by atoms with Gasteiger partial charge in [0.2, 0.25) is 0 Å². The minimum Gasteiger partial charge on any atom is -0.370 e. The molecule has 8 heteroatoms. The molecule has 3 aromatic heterocycles. The fourth-order valence-corrected chi connectivity index (χ4v) is 4.68. The summed E-state index contributed by atoms with van der Waals surface area (Å²) >= 11 is 6.08. The van der Waals surface area contributed by atoms with Crippen molar-refractivity contribution in [1.29, 1.82) is 0 Å². The van der Waals surface area contributed by atoms with Crippen LogP contribution in [0.5, 0.6) is 0 Å². The number of nitrogens with one attached hydrogen (secondary N) is 2. The van der Waals surface area contributed by atoms with Crippen LogP contribution >= 0.6 is 11.6 Å². The number of piperidine rings is 1. The number of hydrogen-bond acceptors (Lipinski definition) is 5. The van der Waals surface area contributed by atoms with Gasteiger partial charge in [-0.05, 0) is 48.2 Å². The second-order valence-electron chi connectivity index (χ2n) is 8.39. The molecule has 4 heterocycles. The van der Waals surface area contributed by atoms with Crippen LogP contribution in [0.15, 0.2) is 65.8 Å². The number of anilines is 1. The molecule has 0 spiro atoms. The van der Waals surface area contributed by atoms with Crippen molar-refractivity contribution < 1.29 is 4.84 Å². The lowest BCUT2D eigenvalue weighted by molar-refractivity contribution is 0.0532. The van der Waals surface area contributed by atoms with Gasteiger partial charge in [-0.15, -0.1) is 0 Å². The van der Waals surface area contributed by atoms with Crippen molar-refractivity contribution in [2.45, 2.75) is 25.4 Å². The fraction of sp³-hybridized carbons (Fsp3) is 0.280. The summed E-state index contributed by atoms with van der Waals surface area (Å²) in [6.07, 6.45) is 7.69. The Balaban J connectivity index is 1.40. The highest BCUT2D eigenvalue weighted by Crippen LogP contribution is 2.30. The lowest BCUT2D eigenvalue weighted by atomic mass is 10.0. The van der Waals surface area contributed by atoms with Gasteiger partial charge in [-0.25, -0.2) is 4.98 Å². The second kappa shape index (κ2) is 9.39. The Morgan fingerprint density at radius 2 is 2.06 bits per heavy atom. The highest BCUT2D eigenvalue weighted by atomic mass is 35.5. The van der Waals surface area contributed by atoms with Gasteiger partial charge in [0.25, 0.3) is 5.56 Å². The SMILES string of the molecule is CONC1CCN(c2cnc3[nH]cc(-c4ccn(Cc5cccc(Cl)c5)c(=O)c4)c3c2)CC1. The number of aromatic amines is 1. The van der Waals surface area contributed by atoms with Crippen LogP contribution < -0.4 is 15.9 Å². The van der Waals surface area contributed by atoms with E-state index >= 15 is 0 Å². The predicted molar refractivity (Wildman–Crippen MR) is 132 cm³/mol. The van der Waals surface area contributed by atoms with Gasteiger partial charge in [0, 0.05) is 53.6 Å². The Morgan fingerprint density at radius 1 is 1.21 bits per heavy atom. The van der Waals surface area contributed by atoms with Gasteiger partial charge in [-0.1, -0.05) is 23.7 Å². The summed E-state index contributed by atoms with van der Waals surface area (Å²) < 4.78 is 1.69. The maximum atomic E-state index is 12.8. The van der Waals surface area contributed by atoms with E-state index in [-0.39, 0.29) is 5.56 Å². The number of hydroxylamine groups is 1. The molecule has 0 radical (unpaired) electrons. The molecule has 2 N–H and O–H groups in total. The van der Waals surface area contributed by atoms with Crippen LogP contribution in [0.4, 0.5) is 5.69 Å². The molecule has 0 bridgehead atoms. The molecule has 1 aliphatic rings. The minimum absolute atomic E-state index is 0.0568. The first-order valence-corrected chi connectivity index (χ1v) is 11.4. The Morgan fingerprint density at radius 3 is 2.82 bits per heavy atom. The Kier molecular flexibility index (Phi) is 6.17. The van der Waals surface area contributed by atoms with Crippen molar-refractivity contribution in [3.63, 3.8) is 0 Å². The number of H-pyrrole nitrogens is 1. The lowest BCUT2D eigenvalue weighted by Crippen LogP contribution is -2.42. The van der Waals surface area contributed by atoms with Crippen LogP contribution in [0.25, 0.3) is 22.2 Å². The quantitative estimate of drug-likeness (QED) is 0.419. The van der Waals surface area contributed by atoms with Crippen molar-refractivity contribution in [1.82, 2.24) is 20.0 Å². The molecule has 170 valence electrons. The average molecular weight is 464 g/mol. The van der Waals surface area contributed by atoms with Crippen molar-refractivity contribution in [2.75, 3.05) is 25.1 Å². The largest absolute Gasteiger partial charge is 0.370 e. The predicted octanol–water partition coefficient (Wildman–Crippen LogP) is 4.21. The summed E-state index contributed by atoms with van der Waals surface area (Å²) in [5.74, 6) is 0. The smallest absolute Gasteiger partial charge is 0.251 e. The minimum atomic E-state index is -0.0568. The maximum Gasteiger partial charge on any atom is 0.251 e. The lowest BCUT2D eigenvalue weighted by Gasteiger charge is -2.33. The molecule has 0 atom stereocenters. The number of aromatic nitrogens is 3. The van der Waals surface area contributed by atoms with Gasteiger partial charge in [-0.3, -0.25) is 4.79 Å². The van der Waals surface area contributed by atoms with Gasteiger partial charge in [0.15, 0.2) is 0 Å². The third kappa shape index (κ3) is 4.66. The van der Waals surface area contributed by atoms with E-state index < -0.39 is 0 Å². The molecule has 1 fully saturated rings. The van der Waals surface area contributed by atoms with Crippen molar-refractivity contribution in [3.05, 3.63) is 82.0 Å². The van der Waals surface area contributed by atoms with E-state index in [4.69, 9.17) is 16.4 Å². The zero-order valence-electron chi connectivity index (χ0n) is 18.4. The molecule has 0 unspecified atom stereocenters. The number of hydrogen-bond donors (Lipinski definition) is 2. The normalized spacial score (nSPS) is 14.8. The third-order valence-electron chi connectivity index (χ3n) is 6.21. The molecule has 4 aromatic rings. The Labute approximate surface area is 196 Å². The van der Waals surface area contributed by atoms with Crippen molar-refractivity contribution in [2.24, 2.45) is 0 Å². The second-order valence-corrected chi connectivity index (χ2v) is 8.82. The molecule has 1 aromatic carbocycles. The Bertz CT molecular complexity index is 1320. The zero-order valence-corrected chi connectivity index (χ0v) is 19.2. The summed E-state index contributed by atoms with van der Waals surface area (Å²) in [6.45, 7) is 2.36. The van der Waals surface area contributed by atoms with E-state index in [9.17, 15) is 4.79 Å². The Hall–Kier alpha value is -3.13. The molecular weight excluding hydrogens is 438 g/mol. The third-order valence-corrected chi connectivity index (χ3v) is 6.45. The number of nitrogens with zero attached hydrogens (tertiary/aromatic N) is 3. The van der Waals surface area contributed by atoms with E-state index in [0.717, 1.165) is 59.3 Å². The highest BCUT2D eigenvalue weighted by molar-refractivity contribution is 6.30. The number of benzene rings is 1. The maximum absolute atomic E-state index is 12.8. The van der Waals surface area contributed by atoms with Crippen LogP contribution in [0.3, 0.4) is 0 Å². The highest BCUT2D eigenvalue weighted by Gasteiger charge is 2.20. The van der Waals surface area contributed by atoms with Crippen LogP contribution in [-0.2, 0) is 11.4 Å². The molecule has 0 saturated carbocycles. The summed E-state index contributed by atoms with van der Waals surface area (Å²) in [4.78, 5) is 28.1. The molecule has 7 nitrogen and oxygen atoms in total. The van der Waals surface area contributed by atoms with E-state index in [1.807, 2.05) is 48.9 Å². The van der Waals surface area contributed by atoms with E-state index in [2.05, 4.69) is 26.4 Å². The number of pyridine rings is 2. The topological polar surface area (TPSA) is 75.2 Å². The van der Waals surface area contributed by atoms with Crippen LogP contribution in [0.2, 0.25) is 5.02 Å². The van der Waals surface area contributed by atoms with Gasteiger partial charge < -0.3 is 19.3 Å². The first kappa shape index (κ1) is 21.7. The average Bonchev–Trinajstić information content (AvgIpc) is 3.24. The van der Waals surface area contributed by atoms with Crippen LogP contribution in [0, 0.1) is 0 Å². The van der Waals surface area contributed by atoms with E-state index in [1.165, 1.54) is 0 Å². The van der Waals surface area contributed by atoms with E-state index in [1.54, 1.807) is 17.7 Å². The van der Waals surface area contributed by atoms with Crippen LogP contribution in [0.1, 0.15) is 18.4 Å². The molecule has 33 heavy (non-hydrogen) atoms. The summed E-state index contributed by atoms with van der Waals surface area (Å²) in [5, 5.41) is 1.68. The zero-order chi connectivity index (χ0) is 22.8. The van der Waals surface area contributed by atoms with Crippen LogP contribution in [-0.4, -0.2) is 40.8 Å². The van der Waals surface area contributed by atoms with Crippen molar-refractivity contribution >= 4 is 28.3 Å². The molecule has 1 aliphatic heterocycles. The van der Waals surface area contributed by atoms with Gasteiger partial charge in [0.05, 0.1) is 25.5 Å². The number of fused-ring (bicyclic) bond motifs is 1. The van der Waals surface area contributed by atoms with E-state index in [0.29, 0.717) is 17.6 Å². The van der Waals surface area contributed by atoms with Gasteiger partial charge in [0.1, 0.15) is 5.65 Å². The van der Waals surface area contributed by atoms with Gasteiger partial charge >= 0.3 is 0 Å². The first-order chi connectivity index (χ1) is 16.1. The molecule has 0 aliphatic carbocycles. The summed E-state index contributed by atoms with van der Waals surface area (Å²) in [7, 11) is 1.66. The molecule has 5 rings (SSSR count). The number of rotatable bonds is 6. The molecular formula is C25H26ClN5O2. The van der Waals surface area contributed by atoms with Gasteiger partial charge in [-0.2, -0.15) is 5.48 Å². The monoisotopic (exact) mass is 463 g/mol. The molecule has 0 amide bonds. The van der Waals surface area contributed by atoms with Crippen molar-refractivity contribution in [3.8, 4) is 11.1 Å². The summed E-state index contributed by atoms with van der Waals surface area (Å²) in [5.41, 5.74) is 7.74. The number of halogens is 1. The summed E-state index contributed by atoms with van der Waals surface area (Å²) in [6, 6.07) is 13.8. The first-order valence-electron chi connectivity index (χ1n) is 11.1.